The molecule has 24 heavy (non-hydrogen) atoms. The lowest BCUT2D eigenvalue weighted by atomic mass is 10.1. The summed E-state index contributed by atoms with van der Waals surface area (Å²) in [7, 11) is 1.59. The highest BCUT2D eigenvalue weighted by Gasteiger charge is 2.21. The molecule has 7 nitrogen and oxygen atoms in total. The van der Waals surface area contributed by atoms with Crippen molar-refractivity contribution >= 4 is 0 Å². The second-order valence-corrected chi connectivity index (χ2v) is 5.97. The van der Waals surface area contributed by atoms with Crippen molar-refractivity contribution in [3.05, 3.63) is 51.5 Å². The maximum atomic E-state index is 11.6. The van der Waals surface area contributed by atoms with Crippen LogP contribution in [0.15, 0.2) is 40.6 Å². The molecule has 1 N–H and O–H groups in total. The number of ether oxygens (including phenoxy) is 2. The van der Waals surface area contributed by atoms with Crippen LogP contribution in [0.2, 0.25) is 0 Å². The number of aromatic nitrogens is 2. The van der Waals surface area contributed by atoms with Gasteiger partial charge >= 0.3 is 5.69 Å². The van der Waals surface area contributed by atoms with E-state index in [4.69, 9.17) is 9.47 Å². The summed E-state index contributed by atoms with van der Waals surface area (Å²) in [5.74, 6) is 1.26. The standard InChI is InChI=1S/C17H21N3O4/c1-23-15-7-6-12(10-16(15)24-13-4-2-3-5-13)14(19-22)11-20-9-8-18-17(20)21/h6-10,13-14H,2-5,11H2,1H3,(H,18,21). The molecule has 7 heteroatoms. The Bertz CT molecular complexity index is 746. The summed E-state index contributed by atoms with van der Waals surface area (Å²) >= 11 is 0. The highest BCUT2D eigenvalue weighted by molar-refractivity contribution is 5.44. The fourth-order valence-electron chi connectivity index (χ4n) is 3.06. The highest BCUT2D eigenvalue weighted by atomic mass is 16.5. The third kappa shape index (κ3) is 3.50. The largest absolute Gasteiger partial charge is 0.493 e. The lowest BCUT2D eigenvalue weighted by molar-refractivity contribution is 0.200. The smallest absolute Gasteiger partial charge is 0.325 e. The van der Waals surface area contributed by atoms with E-state index < -0.39 is 6.04 Å². The van der Waals surface area contributed by atoms with Crippen LogP contribution in [0, 0.1) is 4.91 Å². The number of nitroso groups, excluding NO2 is 1. The van der Waals surface area contributed by atoms with E-state index in [0.717, 1.165) is 12.8 Å². The van der Waals surface area contributed by atoms with E-state index in [9.17, 15) is 9.70 Å². The van der Waals surface area contributed by atoms with Gasteiger partial charge in [-0.3, -0.25) is 4.57 Å². The van der Waals surface area contributed by atoms with Crippen LogP contribution in [-0.4, -0.2) is 22.8 Å². The van der Waals surface area contributed by atoms with Gasteiger partial charge in [0.1, 0.15) is 6.04 Å². The minimum atomic E-state index is -0.671. The molecule has 0 radical (unpaired) electrons. The zero-order chi connectivity index (χ0) is 16.9. The molecular formula is C17H21N3O4. The molecule has 1 unspecified atom stereocenters. The SMILES string of the molecule is COc1ccc(C(Cn2cc[nH]c2=O)N=O)cc1OC1CCCC1. The first-order chi connectivity index (χ1) is 11.7. The van der Waals surface area contributed by atoms with Gasteiger partial charge in [0, 0.05) is 12.4 Å². The van der Waals surface area contributed by atoms with Gasteiger partial charge < -0.3 is 14.5 Å². The minimum absolute atomic E-state index is 0.182. The molecule has 1 aromatic heterocycles. The molecule has 2 aromatic rings. The van der Waals surface area contributed by atoms with E-state index in [2.05, 4.69) is 10.2 Å². The predicted molar refractivity (Wildman–Crippen MR) is 89.5 cm³/mol. The fourth-order valence-corrected chi connectivity index (χ4v) is 3.06. The molecule has 1 aliphatic rings. The van der Waals surface area contributed by atoms with Gasteiger partial charge in [0.05, 0.1) is 19.8 Å². The van der Waals surface area contributed by atoms with Crippen molar-refractivity contribution in [3.8, 4) is 11.5 Å². The first kappa shape index (κ1) is 16.3. The third-order valence-electron chi connectivity index (χ3n) is 4.39. The van der Waals surface area contributed by atoms with Crippen LogP contribution in [0.25, 0.3) is 0 Å². The zero-order valence-corrected chi connectivity index (χ0v) is 13.6. The van der Waals surface area contributed by atoms with Crippen LogP contribution in [0.3, 0.4) is 0 Å². The molecule has 0 amide bonds. The molecule has 1 heterocycles. The molecule has 1 fully saturated rings. The van der Waals surface area contributed by atoms with Gasteiger partial charge in [-0.25, -0.2) is 4.79 Å². The Kier molecular flexibility index (Phi) is 4.98. The van der Waals surface area contributed by atoms with Crippen LogP contribution < -0.4 is 15.2 Å². The Morgan fingerprint density at radius 2 is 2.12 bits per heavy atom. The first-order valence-corrected chi connectivity index (χ1v) is 8.12. The second kappa shape index (κ2) is 7.33. The van der Waals surface area contributed by atoms with Crippen molar-refractivity contribution in [1.29, 1.82) is 0 Å². The summed E-state index contributed by atoms with van der Waals surface area (Å²) in [6.07, 6.45) is 7.71. The molecule has 3 rings (SSSR count). The fraction of sp³-hybridized carbons (Fsp3) is 0.471. The molecule has 1 aromatic carbocycles. The predicted octanol–water partition coefficient (Wildman–Crippen LogP) is 3.01. The maximum absolute atomic E-state index is 11.6. The molecular weight excluding hydrogens is 310 g/mol. The summed E-state index contributed by atoms with van der Waals surface area (Å²) < 4.78 is 12.8. The van der Waals surface area contributed by atoms with Crippen LogP contribution in [0.4, 0.5) is 0 Å². The van der Waals surface area contributed by atoms with E-state index in [0.29, 0.717) is 17.1 Å². The van der Waals surface area contributed by atoms with Crippen molar-refractivity contribution in [3.63, 3.8) is 0 Å². The molecule has 1 atom stereocenters. The summed E-state index contributed by atoms with van der Waals surface area (Å²) in [6.45, 7) is 0.182. The molecule has 1 saturated carbocycles. The van der Waals surface area contributed by atoms with Gasteiger partial charge in [-0.05, 0) is 43.4 Å². The quantitative estimate of drug-likeness (QED) is 0.790. The second-order valence-electron chi connectivity index (χ2n) is 5.97. The average molecular weight is 331 g/mol. The average Bonchev–Trinajstić information content (AvgIpc) is 3.24. The summed E-state index contributed by atoms with van der Waals surface area (Å²) in [4.78, 5) is 25.5. The Morgan fingerprint density at radius 1 is 1.33 bits per heavy atom. The summed E-state index contributed by atoms with van der Waals surface area (Å²) in [6, 6.07) is 4.68. The lowest BCUT2D eigenvalue weighted by Gasteiger charge is -2.18. The number of methoxy groups -OCH3 is 1. The topological polar surface area (TPSA) is 85.7 Å². The number of hydrogen-bond acceptors (Lipinski definition) is 5. The summed E-state index contributed by atoms with van der Waals surface area (Å²) in [5.41, 5.74) is 0.437. The van der Waals surface area contributed by atoms with Crippen LogP contribution in [0.5, 0.6) is 11.5 Å². The van der Waals surface area contributed by atoms with E-state index in [1.165, 1.54) is 23.6 Å². The number of nitrogens with zero attached hydrogens (tertiary/aromatic N) is 2. The molecule has 0 saturated heterocycles. The van der Waals surface area contributed by atoms with E-state index >= 15 is 0 Å². The number of hydrogen-bond donors (Lipinski definition) is 1. The van der Waals surface area contributed by atoms with E-state index in [-0.39, 0.29) is 18.3 Å². The Morgan fingerprint density at radius 3 is 2.75 bits per heavy atom. The van der Waals surface area contributed by atoms with Crippen molar-refractivity contribution in [2.45, 2.75) is 44.4 Å². The number of aromatic amines is 1. The van der Waals surface area contributed by atoms with Gasteiger partial charge in [-0.1, -0.05) is 11.2 Å². The summed E-state index contributed by atoms with van der Waals surface area (Å²) in [5, 5.41) is 3.18. The monoisotopic (exact) mass is 331 g/mol. The Balaban J connectivity index is 1.84. The van der Waals surface area contributed by atoms with Crippen LogP contribution in [0.1, 0.15) is 37.3 Å². The van der Waals surface area contributed by atoms with Crippen molar-refractivity contribution in [1.82, 2.24) is 9.55 Å². The van der Waals surface area contributed by atoms with Crippen LogP contribution in [-0.2, 0) is 6.54 Å². The first-order valence-electron chi connectivity index (χ1n) is 8.12. The van der Waals surface area contributed by atoms with E-state index in [1.807, 2.05) is 0 Å². The van der Waals surface area contributed by atoms with Crippen molar-refractivity contribution in [2.24, 2.45) is 5.18 Å². The number of benzene rings is 1. The van der Waals surface area contributed by atoms with Crippen molar-refractivity contribution < 1.29 is 9.47 Å². The third-order valence-corrected chi connectivity index (χ3v) is 4.39. The number of H-pyrrole nitrogens is 1. The Hall–Kier alpha value is -2.57. The maximum Gasteiger partial charge on any atom is 0.325 e. The number of rotatable bonds is 7. The number of nitrogens with one attached hydrogen (secondary N) is 1. The highest BCUT2D eigenvalue weighted by Crippen LogP contribution is 2.34. The molecule has 128 valence electrons. The number of imidazole rings is 1. The van der Waals surface area contributed by atoms with Crippen LogP contribution >= 0.6 is 0 Å². The van der Waals surface area contributed by atoms with E-state index in [1.54, 1.807) is 31.5 Å². The Labute approximate surface area is 139 Å². The molecule has 0 spiro atoms. The minimum Gasteiger partial charge on any atom is -0.493 e. The van der Waals surface area contributed by atoms with Gasteiger partial charge in [0.25, 0.3) is 0 Å². The molecule has 0 aliphatic heterocycles. The van der Waals surface area contributed by atoms with Gasteiger partial charge in [0.2, 0.25) is 0 Å². The van der Waals surface area contributed by atoms with Crippen molar-refractivity contribution in [2.75, 3.05) is 7.11 Å². The lowest BCUT2D eigenvalue weighted by Crippen LogP contribution is -2.19. The molecule has 0 bridgehead atoms. The normalized spacial score (nSPS) is 16.0. The molecule has 1 aliphatic carbocycles. The van der Waals surface area contributed by atoms with Gasteiger partial charge in [-0.15, -0.1) is 0 Å². The van der Waals surface area contributed by atoms with Gasteiger partial charge in [0.15, 0.2) is 11.5 Å². The van der Waals surface area contributed by atoms with Gasteiger partial charge in [-0.2, -0.15) is 4.91 Å². The zero-order valence-electron chi connectivity index (χ0n) is 13.6.